The smallest absolute Gasteiger partial charge is 0.228 e. The molecule has 3 rings (SSSR count). The molecule has 136 valence electrons. The van der Waals surface area contributed by atoms with Crippen molar-refractivity contribution in [1.82, 2.24) is 15.1 Å². The number of fused-ring (bicyclic) bond motifs is 1. The topological polar surface area (TPSA) is 64.7 Å². The predicted octanol–water partition coefficient (Wildman–Crippen LogP) is 1.10. The molecule has 1 aromatic rings. The number of nitrogens with one attached hydrogen (secondary N) is 2. The van der Waals surface area contributed by atoms with Gasteiger partial charge in [0.15, 0.2) is 0 Å². The van der Waals surface area contributed by atoms with Gasteiger partial charge in [-0.3, -0.25) is 14.5 Å². The van der Waals surface area contributed by atoms with Crippen molar-refractivity contribution in [2.24, 2.45) is 5.92 Å². The molecule has 7 heteroatoms. The first-order chi connectivity index (χ1) is 12.1. The lowest BCUT2D eigenvalue weighted by molar-refractivity contribution is -0.126. The van der Waals surface area contributed by atoms with E-state index in [-0.39, 0.29) is 24.2 Å². The molecule has 2 aliphatic heterocycles. The molecule has 2 heterocycles. The third-order valence-electron chi connectivity index (χ3n) is 4.73. The fourth-order valence-electron chi connectivity index (χ4n) is 3.07. The van der Waals surface area contributed by atoms with Crippen molar-refractivity contribution < 1.29 is 9.59 Å². The molecule has 0 unspecified atom stereocenters. The highest BCUT2D eigenvalue weighted by atomic mass is 32.2. The Morgan fingerprint density at radius 2 is 2.04 bits per heavy atom. The van der Waals surface area contributed by atoms with E-state index in [9.17, 15) is 9.59 Å². The maximum Gasteiger partial charge on any atom is 0.228 e. The lowest BCUT2D eigenvalue weighted by atomic mass is 10.1. The maximum atomic E-state index is 12.3. The Labute approximate surface area is 153 Å². The van der Waals surface area contributed by atoms with E-state index < -0.39 is 0 Å². The molecule has 25 heavy (non-hydrogen) atoms. The number of nitrogens with zero attached hydrogens (tertiary/aromatic N) is 2. The van der Waals surface area contributed by atoms with Crippen LogP contribution in [0.15, 0.2) is 29.2 Å². The summed E-state index contributed by atoms with van der Waals surface area (Å²) in [6.45, 7) is 5.77. The van der Waals surface area contributed by atoms with Crippen molar-refractivity contribution in [2.45, 2.75) is 11.3 Å². The molecule has 1 fully saturated rings. The fourth-order valence-corrected chi connectivity index (χ4v) is 4.17. The van der Waals surface area contributed by atoms with Crippen LogP contribution in [-0.4, -0.2) is 73.7 Å². The number of amides is 2. The zero-order valence-electron chi connectivity index (χ0n) is 14.7. The van der Waals surface area contributed by atoms with Crippen molar-refractivity contribution >= 4 is 29.3 Å². The minimum atomic E-state index is -0.291. The van der Waals surface area contributed by atoms with Crippen molar-refractivity contribution in [3.63, 3.8) is 0 Å². The van der Waals surface area contributed by atoms with E-state index in [1.807, 2.05) is 24.3 Å². The van der Waals surface area contributed by atoms with Gasteiger partial charge in [-0.1, -0.05) is 12.1 Å². The third-order valence-corrected chi connectivity index (χ3v) is 5.97. The Morgan fingerprint density at radius 3 is 2.84 bits per heavy atom. The molecule has 6 nitrogen and oxygen atoms in total. The lowest BCUT2D eigenvalue weighted by Gasteiger charge is -2.32. The molecule has 0 aliphatic carbocycles. The van der Waals surface area contributed by atoms with Gasteiger partial charge in [0.1, 0.15) is 0 Å². The molecule has 1 atom stereocenters. The molecular formula is C18H26N4O2S. The highest BCUT2D eigenvalue weighted by Crippen LogP contribution is 2.32. The maximum absolute atomic E-state index is 12.3. The quantitative estimate of drug-likeness (QED) is 0.821. The summed E-state index contributed by atoms with van der Waals surface area (Å²) in [5.74, 6) is 0.239. The van der Waals surface area contributed by atoms with Crippen LogP contribution in [0.1, 0.15) is 6.42 Å². The van der Waals surface area contributed by atoms with E-state index in [1.165, 1.54) is 0 Å². The average molecular weight is 362 g/mol. The largest absolute Gasteiger partial charge is 0.355 e. The van der Waals surface area contributed by atoms with Crippen molar-refractivity contribution in [2.75, 3.05) is 57.4 Å². The molecule has 2 amide bonds. The van der Waals surface area contributed by atoms with Gasteiger partial charge in [0.05, 0.1) is 11.6 Å². The number of carbonyl (C=O) groups is 2. The van der Waals surface area contributed by atoms with Crippen LogP contribution >= 0.6 is 11.8 Å². The number of carbonyl (C=O) groups excluding carboxylic acids is 2. The van der Waals surface area contributed by atoms with Crippen LogP contribution in [0.4, 0.5) is 5.69 Å². The Morgan fingerprint density at radius 1 is 1.28 bits per heavy atom. The van der Waals surface area contributed by atoms with Crippen LogP contribution in [0.25, 0.3) is 0 Å². The highest BCUT2D eigenvalue weighted by Gasteiger charge is 2.26. The van der Waals surface area contributed by atoms with Gasteiger partial charge in [-0.2, -0.15) is 0 Å². The van der Waals surface area contributed by atoms with Crippen LogP contribution in [0.3, 0.4) is 0 Å². The summed E-state index contributed by atoms with van der Waals surface area (Å²) in [5, 5.41) is 5.90. The summed E-state index contributed by atoms with van der Waals surface area (Å²) < 4.78 is 0. The van der Waals surface area contributed by atoms with Gasteiger partial charge in [0.2, 0.25) is 11.8 Å². The summed E-state index contributed by atoms with van der Waals surface area (Å²) in [5.41, 5.74) is 0.843. The second kappa shape index (κ2) is 8.69. The molecule has 0 radical (unpaired) electrons. The fraction of sp³-hybridized carbons (Fsp3) is 0.556. The Hall–Kier alpha value is -1.57. The number of rotatable bonds is 5. The zero-order valence-corrected chi connectivity index (χ0v) is 15.5. The molecule has 2 N–H and O–H groups in total. The van der Waals surface area contributed by atoms with Crippen LogP contribution in [0.5, 0.6) is 0 Å². The van der Waals surface area contributed by atoms with Crippen LogP contribution < -0.4 is 10.6 Å². The molecule has 2 aliphatic rings. The first-order valence-corrected chi connectivity index (χ1v) is 9.80. The number of hydrogen-bond acceptors (Lipinski definition) is 5. The average Bonchev–Trinajstić information content (AvgIpc) is 2.76. The zero-order chi connectivity index (χ0) is 17.6. The van der Waals surface area contributed by atoms with E-state index in [1.54, 1.807) is 11.8 Å². The van der Waals surface area contributed by atoms with Gasteiger partial charge >= 0.3 is 0 Å². The van der Waals surface area contributed by atoms with Gasteiger partial charge in [0, 0.05) is 56.3 Å². The molecule has 0 spiro atoms. The van der Waals surface area contributed by atoms with Crippen molar-refractivity contribution in [3.8, 4) is 0 Å². The molecule has 0 saturated carbocycles. The summed E-state index contributed by atoms with van der Waals surface area (Å²) in [6.07, 6.45) is 0.246. The summed E-state index contributed by atoms with van der Waals surface area (Å²) in [7, 11) is 2.13. The number of thioether (sulfide) groups is 1. The van der Waals surface area contributed by atoms with Gasteiger partial charge in [-0.05, 0) is 19.2 Å². The monoisotopic (exact) mass is 362 g/mol. The normalized spacial score (nSPS) is 22.0. The van der Waals surface area contributed by atoms with E-state index >= 15 is 0 Å². The minimum Gasteiger partial charge on any atom is -0.355 e. The van der Waals surface area contributed by atoms with Crippen molar-refractivity contribution in [1.29, 1.82) is 0 Å². The number of benzene rings is 1. The van der Waals surface area contributed by atoms with E-state index in [4.69, 9.17) is 0 Å². The Bertz CT molecular complexity index is 617. The lowest BCUT2D eigenvalue weighted by Crippen LogP contribution is -2.47. The first kappa shape index (κ1) is 18.2. The van der Waals surface area contributed by atoms with Gasteiger partial charge < -0.3 is 15.5 Å². The number of hydrogen-bond donors (Lipinski definition) is 2. The molecule has 1 saturated heterocycles. The molecule has 0 bridgehead atoms. The van der Waals surface area contributed by atoms with Crippen LogP contribution in [-0.2, 0) is 9.59 Å². The molecular weight excluding hydrogens is 336 g/mol. The van der Waals surface area contributed by atoms with Gasteiger partial charge in [-0.15, -0.1) is 11.8 Å². The Kier molecular flexibility index (Phi) is 6.34. The second-order valence-corrected chi connectivity index (χ2v) is 7.75. The van der Waals surface area contributed by atoms with Gasteiger partial charge in [0.25, 0.3) is 0 Å². The summed E-state index contributed by atoms with van der Waals surface area (Å²) in [6, 6.07) is 7.77. The third kappa shape index (κ3) is 5.20. The summed E-state index contributed by atoms with van der Waals surface area (Å²) >= 11 is 1.63. The number of likely N-dealkylation sites (N-methyl/N-ethyl adjacent to an activating group) is 1. The number of piperazine rings is 1. The van der Waals surface area contributed by atoms with Gasteiger partial charge in [-0.25, -0.2) is 0 Å². The van der Waals surface area contributed by atoms with Crippen molar-refractivity contribution in [3.05, 3.63) is 24.3 Å². The number of anilines is 1. The Balaban J connectivity index is 1.41. The second-order valence-electron chi connectivity index (χ2n) is 6.69. The predicted molar refractivity (Wildman–Crippen MR) is 101 cm³/mol. The number of para-hydroxylation sites is 1. The van der Waals surface area contributed by atoms with Crippen LogP contribution in [0.2, 0.25) is 0 Å². The highest BCUT2D eigenvalue weighted by molar-refractivity contribution is 7.99. The van der Waals surface area contributed by atoms with E-state index in [0.717, 1.165) is 43.3 Å². The minimum absolute atomic E-state index is 0.0409. The van der Waals surface area contributed by atoms with E-state index in [2.05, 4.69) is 27.5 Å². The van der Waals surface area contributed by atoms with E-state index in [0.29, 0.717) is 12.3 Å². The molecule has 1 aromatic carbocycles. The van der Waals surface area contributed by atoms with Crippen LogP contribution in [0, 0.1) is 5.92 Å². The summed E-state index contributed by atoms with van der Waals surface area (Å²) in [4.78, 5) is 30.3. The SMILES string of the molecule is CN1CCN(CCNC(=O)C[C@H]2CSc3ccccc3NC2=O)CC1. The molecule has 0 aromatic heterocycles. The first-order valence-electron chi connectivity index (χ1n) is 8.82. The standard InChI is InChI=1S/C18H26N4O2S/c1-21-8-10-22(11-9-21)7-6-19-17(23)12-14-13-25-16-5-3-2-4-15(16)20-18(14)24/h2-5,14H,6-13H2,1H3,(H,19,23)(H,20,24)/t14-/m0/s1.